The summed E-state index contributed by atoms with van der Waals surface area (Å²) in [7, 11) is 4.27. The van der Waals surface area contributed by atoms with Crippen molar-refractivity contribution in [2.75, 3.05) is 33.7 Å². The SMILES string of the molecule is CNCCC1CN(C)CC(C)N1C(C)C. The third kappa shape index (κ3) is 3.44. The summed E-state index contributed by atoms with van der Waals surface area (Å²) in [6.07, 6.45) is 1.25. The third-order valence-electron chi connectivity index (χ3n) is 3.35. The molecular weight excluding hydrogens is 186 g/mol. The number of likely N-dealkylation sites (N-methyl/N-ethyl adjacent to an activating group) is 1. The quantitative estimate of drug-likeness (QED) is 0.752. The van der Waals surface area contributed by atoms with Gasteiger partial charge in [-0.15, -0.1) is 0 Å². The summed E-state index contributed by atoms with van der Waals surface area (Å²) in [5, 5.41) is 3.26. The van der Waals surface area contributed by atoms with Crippen LogP contribution in [0, 0.1) is 0 Å². The van der Waals surface area contributed by atoms with Crippen LogP contribution in [0.3, 0.4) is 0 Å². The first-order valence-electron chi connectivity index (χ1n) is 6.16. The van der Waals surface area contributed by atoms with E-state index in [1.165, 1.54) is 19.5 Å². The Bertz CT molecular complexity index is 182. The Kier molecular flexibility index (Phi) is 5.03. The predicted molar refractivity (Wildman–Crippen MR) is 66.3 cm³/mol. The number of piperazine rings is 1. The molecule has 0 aliphatic carbocycles. The van der Waals surface area contributed by atoms with Gasteiger partial charge in [0.1, 0.15) is 0 Å². The van der Waals surface area contributed by atoms with E-state index >= 15 is 0 Å². The predicted octanol–water partition coefficient (Wildman–Crippen LogP) is 1.01. The van der Waals surface area contributed by atoms with E-state index in [-0.39, 0.29) is 0 Å². The van der Waals surface area contributed by atoms with Crippen molar-refractivity contribution in [3.05, 3.63) is 0 Å². The van der Waals surface area contributed by atoms with Crippen LogP contribution in [0.15, 0.2) is 0 Å². The van der Waals surface area contributed by atoms with E-state index in [9.17, 15) is 0 Å². The van der Waals surface area contributed by atoms with E-state index in [1.54, 1.807) is 0 Å². The molecule has 1 aliphatic heterocycles. The molecule has 1 aliphatic rings. The Balaban J connectivity index is 2.60. The monoisotopic (exact) mass is 213 g/mol. The first-order valence-corrected chi connectivity index (χ1v) is 6.16. The van der Waals surface area contributed by atoms with Gasteiger partial charge in [0.05, 0.1) is 0 Å². The molecule has 0 aromatic heterocycles. The lowest BCUT2D eigenvalue weighted by molar-refractivity contribution is 0.0161. The average Bonchev–Trinajstić information content (AvgIpc) is 2.12. The van der Waals surface area contributed by atoms with Crippen LogP contribution in [-0.2, 0) is 0 Å². The molecule has 2 atom stereocenters. The smallest absolute Gasteiger partial charge is 0.0241 e. The highest BCUT2D eigenvalue weighted by Gasteiger charge is 2.31. The minimum atomic E-state index is 0.663. The summed E-state index contributed by atoms with van der Waals surface area (Å²) < 4.78 is 0. The molecule has 0 spiro atoms. The standard InChI is InChI=1S/C12H27N3/c1-10(2)15-11(3)8-14(5)9-12(15)6-7-13-4/h10-13H,6-9H2,1-5H3. The van der Waals surface area contributed by atoms with Crippen LogP contribution in [0.25, 0.3) is 0 Å². The Labute approximate surface area is 94.8 Å². The van der Waals surface area contributed by atoms with Crippen LogP contribution in [0.1, 0.15) is 27.2 Å². The van der Waals surface area contributed by atoms with Gasteiger partial charge in [0.15, 0.2) is 0 Å². The Morgan fingerprint density at radius 1 is 1.33 bits per heavy atom. The van der Waals surface area contributed by atoms with Gasteiger partial charge < -0.3 is 10.2 Å². The summed E-state index contributed by atoms with van der Waals surface area (Å²) in [6.45, 7) is 10.5. The van der Waals surface area contributed by atoms with Crippen molar-refractivity contribution < 1.29 is 0 Å². The Morgan fingerprint density at radius 2 is 2.00 bits per heavy atom. The maximum atomic E-state index is 3.26. The average molecular weight is 213 g/mol. The lowest BCUT2D eigenvalue weighted by Gasteiger charge is -2.47. The molecule has 3 heteroatoms. The summed E-state index contributed by atoms with van der Waals surface area (Å²) in [4.78, 5) is 5.14. The molecule has 15 heavy (non-hydrogen) atoms. The van der Waals surface area contributed by atoms with Crippen LogP contribution in [0.5, 0.6) is 0 Å². The molecule has 0 bridgehead atoms. The second kappa shape index (κ2) is 5.83. The summed E-state index contributed by atoms with van der Waals surface area (Å²) >= 11 is 0. The lowest BCUT2D eigenvalue weighted by atomic mass is 10.0. The van der Waals surface area contributed by atoms with Crippen molar-refractivity contribution in [2.45, 2.75) is 45.3 Å². The minimum Gasteiger partial charge on any atom is -0.320 e. The van der Waals surface area contributed by atoms with E-state index in [0.29, 0.717) is 18.1 Å². The molecular formula is C12H27N3. The molecule has 0 amide bonds. The van der Waals surface area contributed by atoms with Gasteiger partial charge in [0.25, 0.3) is 0 Å². The Morgan fingerprint density at radius 3 is 2.53 bits per heavy atom. The maximum absolute atomic E-state index is 3.26. The molecule has 1 rings (SSSR count). The second-order valence-corrected chi connectivity index (χ2v) is 5.16. The van der Waals surface area contributed by atoms with Crippen LogP contribution in [0.2, 0.25) is 0 Å². The van der Waals surface area contributed by atoms with Gasteiger partial charge in [-0.2, -0.15) is 0 Å². The maximum Gasteiger partial charge on any atom is 0.0241 e. The van der Waals surface area contributed by atoms with Crippen LogP contribution < -0.4 is 5.32 Å². The summed E-state index contributed by atoms with van der Waals surface area (Å²) in [5.41, 5.74) is 0. The largest absolute Gasteiger partial charge is 0.320 e. The number of hydrogen-bond acceptors (Lipinski definition) is 3. The molecule has 3 nitrogen and oxygen atoms in total. The zero-order valence-corrected chi connectivity index (χ0v) is 11.0. The van der Waals surface area contributed by atoms with Gasteiger partial charge in [0, 0.05) is 31.2 Å². The Hall–Kier alpha value is -0.120. The topological polar surface area (TPSA) is 18.5 Å². The number of rotatable bonds is 4. The molecule has 1 heterocycles. The normalized spacial score (nSPS) is 30.0. The van der Waals surface area contributed by atoms with Crippen molar-refractivity contribution in [2.24, 2.45) is 0 Å². The highest BCUT2D eigenvalue weighted by Crippen LogP contribution is 2.19. The molecule has 0 saturated carbocycles. The van der Waals surface area contributed by atoms with Gasteiger partial charge in [-0.3, -0.25) is 4.90 Å². The highest BCUT2D eigenvalue weighted by molar-refractivity contribution is 4.88. The third-order valence-corrected chi connectivity index (χ3v) is 3.35. The molecule has 2 unspecified atom stereocenters. The van der Waals surface area contributed by atoms with Crippen molar-refractivity contribution in [3.63, 3.8) is 0 Å². The van der Waals surface area contributed by atoms with E-state index in [4.69, 9.17) is 0 Å². The summed E-state index contributed by atoms with van der Waals surface area (Å²) in [5.74, 6) is 0. The fourth-order valence-electron chi connectivity index (χ4n) is 2.92. The molecule has 1 fully saturated rings. The minimum absolute atomic E-state index is 0.663. The van der Waals surface area contributed by atoms with Gasteiger partial charge in [-0.05, 0) is 47.8 Å². The molecule has 90 valence electrons. The highest BCUT2D eigenvalue weighted by atomic mass is 15.3. The van der Waals surface area contributed by atoms with Gasteiger partial charge in [-0.25, -0.2) is 0 Å². The zero-order valence-electron chi connectivity index (χ0n) is 11.0. The first kappa shape index (κ1) is 12.9. The van der Waals surface area contributed by atoms with Gasteiger partial charge in [0.2, 0.25) is 0 Å². The molecule has 0 aromatic rings. The van der Waals surface area contributed by atoms with Crippen LogP contribution >= 0.6 is 0 Å². The molecule has 0 radical (unpaired) electrons. The molecule has 1 N–H and O–H groups in total. The molecule has 1 saturated heterocycles. The fraction of sp³-hybridized carbons (Fsp3) is 1.00. The number of hydrogen-bond donors (Lipinski definition) is 1. The summed E-state index contributed by atoms with van der Waals surface area (Å²) in [6, 6.07) is 2.06. The van der Waals surface area contributed by atoms with E-state index in [0.717, 1.165) is 6.54 Å². The first-order chi connectivity index (χ1) is 7.06. The van der Waals surface area contributed by atoms with Crippen molar-refractivity contribution >= 4 is 0 Å². The van der Waals surface area contributed by atoms with Gasteiger partial charge >= 0.3 is 0 Å². The van der Waals surface area contributed by atoms with Crippen molar-refractivity contribution in [1.29, 1.82) is 0 Å². The molecule has 0 aromatic carbocycles. The lowest BCUT2D eigenvalue weighted by Crippen LogP contribution is -2.59. The number of nitrogens with zero attached hydrogens (tertiary/aromatic N) is 2. The van der Waals surface area contributed by atoms with Gasteiger partial charge in [-0.1, -0.05) is 0 Å². The zero-order chi connectivity index (χ0) is 11.4. The van der Waals surface area contributed by atoms with Crippen LogP contribution in [-0.4, -0.2) is 61.7 Å². The second-order valence-electron chi connectivity index (χ2n) is 5.16. The number of nitrogens with one attached hydrogen (secondary N) is 1. The van der Waals surface area contributed by atoms with E-state index in [2.05, 4.69) is 42.9 Å². The van der Waals surface area contributed by atoms with Crippen LogP contribution in [0.4, 0.5) is 0 Å². The van der Waals surface area contributed by atoms with Crippen molar-refractivity contribution in [1.82, 2.24) is 15.1 Å². The van der Waals surface area contributed by atoms with E-state index in [1.807, 2.05) is 7.05 Å². The fourth-order valence-corrected chi connectivity index (χ4v) is 2.92. The van der Waals surface area contributed by atoms with Crippen molar-refractivity contribution in [3.8, 4) is 0 Å². The van der Waals surface area contributed by atoms with E-state index < -0.39 is 0 Å².